The molecule has 208 valence electrons. The van der Waals surface area contributed by atoms with E-state index in [-0.39, 0.29) is 36.5 Å². The maximum absolute atomic E-state index is 13.4. The second kappa shape index (κ2) is 11.7. The van der Waals surface area contributed by atoms with Crippen molar-refractivity contribution in [2.45, 2.75) is 31.6 Å². The molecule has 1 aliphatic rings. The van der Waals surface area contributed by atoms with Crippen LogP contribution < -0.4 is 5.14 Å². The molecule has 40 heavy (non-hydrogen) atoms. The van der Waals surface area contributed by atoms with E-state index in [0.29, 0.717) is 12.2 Å². The molecule has 4 aromatic rings. The van der Waals surface area contributed by atoms with E-state index in [2.05, 4.69) is 25.3 Å². The molecule has 2 heterocycles. The molecule has 0 unspecified atom stereocenters. The molecule has 0 aliphatic heterocycles. The highest BCUT2D eigenvalue weighted by atomic mass is 32.2. The quantitative estimate of drug-likeness (QED) is 0.243. The number of aliphatic hydroxyl groups is 2. The Morgan fingerprint density at radius 3 is 2.55 bits per heavy atom. The summed E-state index contributed by atoms with van der Waals surface area (Å²) in [5.74, 6) is -1.50. The molecule has 1 saturated carbocycles. The van der Waals surface area contributed by atoms with E-state index in [0.717, 1.165) is 16.7 Å². The first-order chi connectivity index (χ1) is 19.2. The lowest BCUT2D eigenvalue weighted by Crippen LogP contribution is -2.31. The van der Waals surface area contributed by atoms with Crippen LogP contribution >= 0.6 is 0 Å². The molecule has 0 spiro atoms. The molecule has 0 saturated heterocycles. The fourth-order valence-corrected chi connectivity index (χ4v) is 5.47. The van der Waals surface area contributed by atoms with Gasteiger partial charge in [0, 0.05) is 18.3 Å². The van der Waals surface area contributed by atoms with Crippen LogP contribution in [0, 0.1) is 11.8 Å². The zero-order chi connectivity index (χ0) is 28.3. The van der Waals surface area contributed by atoms with Crippen molar-refractivity contribution in [3.8, 4) is 11.1 Å². The molecule has 0 amide bonds. The van der Waals surface area contributed by atoms with Crippen LogP contribution in [-0.2, 0) is 27.5 Å². The van der Waals surface area contributed by atoms with Gasteiger partial charge in [-0.25, -0.2) is 15.1 Å². The molecule has 4 N–H and O–H groups in total. The first-order valence-electron chi connectivity index (χ1n) is 12.7. The Morgan fingerprint density at radius 2 is 1.77 bits per heavy atom. The van der Waals surface area contributed by atoms with Crippen molar-refractivity contribution in [3.05, 3.63) is 102 Å². The third-order valence-electron chi connectivity index (χ3n) is 7.11. The molecule has 4 atom stereocenters. The maximum atomic E-state index is 13.4. The Morgan fingerprint density at radius 1 is 1.02 bits per heavy atom. The topological polar surface area (TPSA) is 171 Å². The highest BCUT2D eigenvalue weighted by Crippen LogP contribution is 2.35. The van der Waals surface area contributed by atoms with Crippen LogP contribution in [0.5, 0.6) is 0 Å². The van der Waals surface area contributed by atoms with Crippen molar-refractivity contribution in [1.82, 2.24) is 19.7 Å². The van der Waals surface area contributed by atoms with Gasteiger partial charge in [-0.1, -0.05) is 48.5 Å². The fourth-order valence-electron chi connectivity index (χ4n) is 5.11. The van der Waals surface area contributed by atoms with Crippen LogP contribution in [0.4, 0.5) is 0 Å². The minimum absolute atomic E-state index is 0.167. The average molecular weight is 564 g/mol. The van der Waals surface area contributed by atoms with Crippen molar-refractivity contribution in [3.63, 3.8) is 0 Å². The average Bonchev–Trinajstić information content (AvgIpc) is 3.52. The maximum Gasteiger partial charge on any atom is 0.333 e. The minimum atomic E-state index is -4.18. The van der Waals surface area contributed by atoms with Gasteiger partial charge in [-0.2, -0.15) is 13.5 Å². The summed E-state index contributed by atoms with van der Waals surface area (Å²) in [5.41, 5.74) is 4.09. The number of benzene rings is 2. The normalized spacial score (nSPS) is 21.0. The molecule has 0 radical (unpaired) electrons. The Labute approximate surface area is 231 Å². The van der Waals surface area contributed by atoms with Gasteiger partial charge in [0.25, 0.3) is 0 Å². The molecule has 2 aromatic carbocycles. The lowest BCUT2D eigenvalue weighted by molar-refractivity contribution is -0.00334. The van der Waals surface area contributed by atoms with E-state index in [1.54, 1.807) is 16.9 Å². The van der Waals surface area contributed by atoms with Crippen LogP contribution in [0.25, 0.3) is 11.1 Å². The molecular weight excluding hydrogens is 534 g/mol. The Kier molecular flexibility index (Phi) is 8.14. The van der Waals surface area contributed by atoms with Gasteiger partial charge in [-0.05, 0) is 47.6 Å². The Hall–Kier alpha value is -3.81. The van der Waals surface area contributed by atoms with Crippen molar-refractivity contribution in [2.24, 2.45) is 17.0 Å². The van der Waals surface area contributed by atoms with Crippen molar-refractivity contribution >= 4 is 16.1 Å². The summed E-state index contributed by atoms with van der Waals surface area (Å²) in [6.45, 7) is 0.120. The zero-order valence-electron chi connectivity index (χ0n) is 21.4. The number of carbonyl (C=O) groups is 1. The number of nitrogens with two attached hydrogens (primary N) is 1. The van der Waals surface area contributed by atoms with E-state index in [1.807, 2.05) is 48.5 Å². The van der Waals surface area contributed by atoms with Gasteiger partial charge in [0.05, 0.1) is 36.6 Å². The fraction of sp³-hybridized carbons (Fsp3) is 0.286. The molecule has 1 fully saturated rings. The van der Waals surface area contributed by atoms with E-state index in [1.165, 1.54) is 12.5 Å². The minimum Gasteiger partial charge on any atom is -0.390 e. The van der Waals surface area contributed by atoms with Crippen molar-refractivity contribution < 1.29 is 27.6 Å². The van der Waals surface area contributed by atoms with E-state index in [9.17, 15) is 23.4 Å². The van der Waals surface area contributed by atoms with Crippen LogP contribution in [0.3, 0.4) is 0 Å². The summed E-state index contributed by atoms with van der Waals surface area (Å²) in [6.07, 6.45) is 2.52. The smallest absolute Gasteiger partial charge is 0.333 e. The van der Waals surface area contributed by atoms with Gasteiger partial charge >= 0.3 is 10.3 Å². The summed E-state index contributed by atoms with van der Waals surface area (Å²) < 4.78 is 28.6. The van der Waals surface area contributed by atoms with Crippen LogP contribution in [0.2, 0.25) is 0 Å². The molecule has 1 aliphatic carbocycles. The number of nitrogens with zero attached hydrogens (tertiary/aromatic N) is 4. The molecule has 0 bridgehead atoms. The number of hydrogen-bond donors (Lipinski definition) is 3. The number of carbonyl (C=O) groups excluding carboxylic acids is 1. The van der Waals surface area contributed by atoms with Crippen LogP contribution in [0.1, 0.15) is 33.7 Å². The molecule has 2 aromatic heterocycles. The summed E-state index contributed by atoms with van der Waals surface area (Å²) in [5, 5.41) is 30.3. The first-order valence-corrected chi connectivity index (χ1v) is 14.2. The van der Waals surface area contributed by atoms with Crippen molar-refractivity contribution in [2.75, 3.05) is 6.61 Å². The summed E-state index contributed by atoms with van der Waals surface area (Å²) >= 11 is 0. The van der Waals surface area contributed by atoms with Gasteiger partial charge in [0.1, 0.15) is 12.0 Å². The van der Waals surface area contributed by atoms with E-state index >= 15 is 0 Å². The second-order valence-electron chi connectivity index (χ2n) is 9.90. The lowest BCUT2D eigenvalue weighted by atomic mass is 9.95. The molecular formula is C28H29N5O6S. The number of rotatable bonds is 10. The van der Waals surface area contributed by atoms with Crippen LogP contribution in [-0.4, -0.2) is 63.0 Å². The largest absolute Gasteiger partial charge is 0.390 e. The summed E-state index contributed by atoms with van der Waals surface area (Å²) in [7, 11) is -4.18. The van der Waals surface area contributed by atoms with Gasteiger partial charge in [-0.15, -0.1) is 0 Å². The van der Waals surface area contributed by atoms with E-state index < -0.39 is 34.3 Å². The van der Waals surface area contributed by atoms with Gasteiger partial charge in [0.2, 0.25) is 5.78 Å². The number of aromatic nitrogens is 4. The van der Waals surface area contributed by atoms with Crippen molar-refractivity contribution in [1.29, 1.82) is 0 Å². The van der Waals surface area contributed by atoms with Crippen LogP contribution in [0.15, 0.2) is 79.4 Å². The van der Waals surface area contributed by atoms with E-state index in [4.69, 9.17) is 5.14 Å². The number of ketones is 1. The predicted octanol–water partition coefficient (Wildman–Crippen LogP) is 1.74. The highest BCUT2D eigenvalue weighted by molar-refractivity contribution is 7.84. The molecule has 11 nitrogen and oxygen atoms in total. The van der Waals surface area contributed by atoms with Gasteiger partial charge in [-0.3, -0.25) is 13.7 Å². The number of aliphatic hydroxyl groups excluding tert-OH is 2. The van der Waals surface area contributed by atoms with Gasteiger partial charge < -0.3 is 10.2 Å². The summed E-state index contributed by atoms with van der Waals surface area (Å²) in [6, 6.07) is 19.8. The molecule has 12 heteroatoms. The predicted molar refractivity (Wildman–Crippen MR) is 145 cm³/mol. The summed E-state index contributed by atoms with van der Waals surface area (Å²) in [4.78, 5) is 21.7. The van der Waals surface area contributed by atoms with Gasteiger partial charge in [0.15, 0.2) is 0 Å². The standard InChI is InChI=1S/C28H29N5O6S/c29-40(37,38)39-16-22-12-21(26(34)27(22)35)13-25-23(14-30-17-31-25)28(36)24-9-10-33(32-24)15-18-5-4-8-20(11-18)19-6-2-1-3-7-19/h1-11,14,17,21-22,26-27,34-35H,12-13,15-16H2,(H2,29,37,38)/t21-,22+,26-,27+/m0/s1. The Bertz CT molecular complexity index is 1590. The third-order valence-corrected chi connectivity index (χ3v) is 7.58. The SMILES string of the molecule is NS(=O)(=O)OC[C@H]1C[C@@H](Cc2ncncc2C(=O)c2ccn(Cc3cccc(-c4ccccc4)c3)n2)[C@H](O)[C@@H]1O. The highest BCUT2D eigenvalue weighted by Gasteiger charge is 2.42. The first kappa shape index (κ1) is 27.7. The lowest BCUT2D eigenvalue weighted by Gasteiger charge is -2.17. The molecule has 5 rings (SSSR count). The monoisotopic (exact) mass is 563 g/mol. The zero-order valence-corrected chi connectivity index (χ0v) is 22.3. The Balaban J connectivity index is 1.29. The second-order valence-corrected chi connectivity index (χ2v) is 11.1. The number of hydrogen-bond acceptors (Lipinski definition) is 9. The third kappa shape index (κ3) is 6.49.